The van der Waals surface area contributed by atoms with Gasteiger partial charge in [-0.05, 0) is 31.9 Å². The van der Waals surface area contributed by atoms with Crippen LogP contribution in [-0.4, -0.2) is 94.3 Å². The summed E-state index contributed by atoms with van der Waals surface area (Å²) in [6, 6.07) is 8.34. The van der Waals surface area contributed by atoms with Crippen LogP contribution in [-0.2, 0) is 10.0 Å². The van der Waals surface area contributed by atoms with E-state index in [-0.39, 0.29) is 18.0 Å². The molecule has 3 aliphatic rings. The number of hydrogen-bond acceptors (Lipinski definition) is 11. The van der Waals surface area contributed by atoms with Crippen molar-refractivity contribution in [1.82, 2.24) is 28.8 Å². The first-order valence-corrected chi connectivity index (χ1v) is 15.3. The van der Waals surface area contributed by atoms with Crippen LogP contribution in [0.25, 0.3) is 5.65 Å². The van der Waals surface area contributed by atoms with Crippen molar-refractivity contribution in [3.05, 3.63) is 34.5 Å². The summed E-state index contributed by atoms with van der Waals surface area (Å²) in [7, 11) is -3.16. The van der Waals surface area contributed by atoms with E-state index in [1.807, 2.05) is 0 Å². The predicted octanol–water partition coefficient (Wildman–Crippen LogP) is 1.99. The molecule has 2 saturated heterocycles. The molecule has 1 aliphatic carbocycles. The molecule has 1 atom stereocenters. The summed E-state index contributed by atoms with van der Waals surface area (Å²) in [5.74, 6) is 0.702. The fourth-order valence-corrected chi connectivity index (χ4v) is 6.35. The Bertz CT molecular complexity index is 1670. The van der Waals surface area contributed by atoms with Crippen molar-refractivity contribution in [2.45, 2.75) is 37.9 Å². The van der Waals surface area contributed by atoms with Gasteiger partial charge in [-0.25, -0.2) is 8.42 Å². The van der Waals surface area contributed by atoms with Gasteiger partial charge >= 0.3 is 0 Å². The molecule has 0 radical (unpaired) electrons. The summed E-state index contributed by atoms with van der Waals surface area (Å²) in [6.45, 7) is 5.28. The van der Waals surface area contributed by atoms with E-state index in [1.54, 1.807) is 12.1 Å². The number of aromatic nitrogens is 4. The van der Waals surface area contributed by atoms with Crippen LogP contribution in [0.2, 0.25) is 5.02 Å². The number of anilines is 4. The molecule has 3 aromatic rings. The lowest BCUT2D eigenvalue weighted by Crippen LogP contribution is -2.65. The molecule has 6 rings (SSSR count). The molecule has 4 heterocycles. The van der Waals surface area contributed by atoms with Gasteiger partial charge in [-0.2, -0.15) is 34.4 Å². The number of nitrogens with zero attached hydrogens (tertiary/aromatic N) is 9. The van der Waals surface area contributed by atoms with Gasteiger partial charge in [-0.3, -0.25) is 4.90 Å². The standard InChI is InChI=1S/C25H28ClN11O2S/c1-15-12-34(19-13-35(14-19)40(2,38)39)5-6-36(15)21-8-16(9-27)7-20(22(21)26)31-24-32-23-17(10-28)11-29-37(23)25(33-24)30-18-3-4-18/h7-8,11,15,18-19H,3-6,12-14H2,1-2H3,(H2,30,31,32,33)/t15-/m0/s1. The third kappa shape index (κ3) is 4.99. The third-order valence-electron chi connectivity index (χ3n) is 7.61. The van der Waals surface area contributed by atoms with Crippen molar-refractivity contribution in [2.24, 2.45) is 0 Å². The normalized spacial score (nSPS) is 20.6. The second-order valence-electron chi connectivity index (χ2n) is 10.6. The van der Waals surface area contributed by atoms with E-state index < -0.39 is 10.0 Å². The number of halogens is 1. The lowest BCUT2D eigenvalue weighted by Gasteiger charge is -2.49. The number of benzene rings is 1. The van der Waals surface area contributed by atoms with Gasteiger partial charge in [0, 0.05) is 50.8 Å². The highest BCUT2D eigenvalue weighted by atomic mass is 35.5. The summed E-state index contributed by atoms with van der Waals surface area (Å²) < 4.78 is 26.6. The number of sulfonamides is 1. The first-order chi connectivity index (χ1) is 19.1. The van der Waals surface area contributed by atoms with E-state index in [2.05, 4.69) is 54.6 Å². The summed E-state index contributed by atoms with van der Waals surface area (Å²) in [4.78, 5) is 13.6. The SMILES string of the molecule is C[C@H]1CN(C2CN(S(C)(=O)=O)C2)CCN1c1cc(C#N)cc(Nc2nc(NC3CC3)n3ncc(C#N)c3n2)c1Cl. The molecule has 2 aromatic heterocycles. The van der Waals surface area contributed by atoms with Crippen LogP contribution in [0.4, 0.5) is 23.3 Å². The van der Waals surface area contributed by atoms with Gasteiger partial charge in [0.25, 0.3) is 0 Å². The Hall–Kier alpha value is -3.69. The van der Waals surface area contributed by atoms with Crippen molar-refractivity contribution in [3.8, 4) is 12.1 Å². The topological polar surface area (TPSA) is 159 Å². The Morgan fingerprint density at radius 2 is 1.88 bits per heavy atom. The molecule has 2 aliphatic heterocycles. The molecular formula is C25H28ClN11O2S. The van der Waals surface area contributed by atoms with Gasteiger partial charge < -0.3 is 15.5 Å². The Morgan fingerprint density at radius 1 is 1.10 bits per heavy atom. The highest BCUT2D eigenvalue weighted by Gasteiger charge is 2.39. The second-order valence-corrected chi connectivity index (χ2v) is 12.9. The number of nitriles is 2. The number of fused-ring (bicyclic) bond motifs is 1. The summed E-state index contributed by atoms with van der Waals surface area (Å²) in [6.07, 6.45) is 4.76. The zero-order valence-electron chi connectivity index (χ0n) is 22.0. The maximum absolute atomic E-state index is 11.8. The number of nitrogens with one attached hydrogen (secondary N) is 2. The molecule has 0 unspecified atom stereocenters. The van der Waals surface area contributed by atoms with Gasteiger partial charge in [0.2, 0.25) is 21.9 Å². The first-order valence-electron chi connectivity index (χ1n) is 13.0. The number of hydrogen-bond donors (Lipinski definition) is 2. The zero-order valence-corrected chi connectivity index (χ0v) is 23.6. The molecule has 0 spiro atoms. The van der Waals surface area contributed by atoms with Crippen LogP contribution in [0.5, 0.6) is 0 Å². The minimum absolute atomic E-state index is 0.0762. The minimum Gasteiger partial charge on any atom is -0.365 e. The molecule has 0 bridgehead atoms. The van der Waals surface area contributed by atoms with E-state index in [0.717, 1.165) is 31.6 Å². The van der Waals surface area contributed by atoms with Crippen LogP contribution >= 0.6 is 11.6 Å². The lowest BCUT2D eigenvalue weighted by molar-refractivity contribution is 0.0733. The van der Waals surface area contributed by atoms with Crippen LogP contribution in [0.1, 0.15) is 30.9 Å². The molecular weight excluding hydrogens is 554 g/mol. The minimum atomic E-state index is -3.16. The van der Waals surface area contributed by atoms with Crippen molar-refractivity contribution in [3.63, 3.8) is 0 Å². The van der Waals surface area contributed by atoms with Crippen molar-refractivity contribution in [2.75, 3.05) is 54.5 Å². The molecule has 1 saturated carbocycles. The quantitative estimate of drug-likeness (QED) is 0.420. The van der Waals surface area contributed by atoms with Gasteiger partial charge in [0.1, 0.15) is 11.6 Å². The van der Waals surface area contributed by atoms with E-state index >= 15 is 0 Å². The molecule has 0 amide bonds. The van der Waals surface area contributed by atoms with Crippen molar-refractivity contribution >= 4 is 50.5 Å². The molecule has 2 N–H and O–H groups in total. The van der Waals surface area contributed by atoms with Crippen LogP contribution < -0.4 is 15.5 Å². The molecule has 3 fully saturated rings. The van der Waals surface area contributed by atoms with Crippen LogP contribution in [0, 0.1) is 22.7 Å². The van der Waals surface area contributed by atoms with E-state index in [1.165, 1.54) is 21.3 Å². The average Bonchev–Trinajstić information content (AvgIpc) is 3.59. The molecule has 1 aromatic carbocycles. The average molecular weight is 582 g/mol. The molecule has 15 heteroatoms. The fraction of sp³-hybridized carbons (Fsp3) is 0.480. The maximum atomic E-state index is 11.8. The highest BCUT2D eigenvalue weighted by molar-refractivity contribution is 7.88. The Morgan fingerprint density at radius 3 is 2.52 bits per heavy atom. The lowest BCUT2D eigenvalue weighted by atomic mass is 10.0. The van der Waals surface area contributed by atoms with E-state index in [0.29, 0.717) is 59.1 Å². The van der Waals surface area contributed by atoms with Crippen molar-refractivity contribution < 1.29 is 8.42 Å². The Kier molecular flexibility index (Phi) is 6.67. The van der Waals surface area contributed by atoms with Gasteiger partial charge in [0.05, 0.1) is 40.5 Å². The van der Waals surface area contributed by atoms with Crippen LogP contribution in [0.15, 0.2) is 18.3 Å². The van der Waals surface area contributed by atoms with E-state index in [9.17, 15) is 18.9 Å². The first kappa shape index (κ1) is 26.5. The summed E-state index contributed by atoms with van der Waals surface area (Å²) >= 11 is 6.94. The summed E-state index contributed by atoms with van der Waals surface area (Å²) in [5.41, 5.74) is 2.32. The van der Waals surface area contributed by atoms with Gasteiger partial charge in [0.15, 0.2) is 5.65 Å². The molecule has 13 nitrogen and oxygen atoms in total. The number of rotatable bonds is 7. The fourth-order valence-electron chi connectivity index (χ4n) is 5.20. The van der Waals surface area contributed by atoms with Crippen LogP contribution in [0.3, 0.4) is 0 Å². The zero-order chi connectivity index (χ0) is 28.2. The maximum Gasteiger partial charge on any atom is 0.232 e. The Labute approximate surface area is 237 Å². The summed E-state index contributed by atoms with van der Waals surface area (Å²) in [5, 5.41) is 30.5. The van der Waals surface area contributed by atoms with E-state index in [4.69, 9.17) is 11.6 Å². The van der Waals surface area contributed by atoms with Gasteiger partial charge in [-0.15, -0.1) is 0 Å². The van der Waals surface area contributed by atoms with Crippen molar-refractivity contribution in [1.29, 1.82) is 10.5 Å². The predicted molar refractivity (Wildman–Crippen MR) is 150 cm³/mol. The number of piperazine rings is 1. The highest BCUT2D eigenvalue weighted by Crippen LogP contribution is 2.38. The molecule has 40 heavy (non-hydrogen) atoms. The third-order valence-corrected chi connectivity index (χ3v) is 9.24. The second kappa shape index (κ2) is 10.1. The Balaban J connectivity index is 1.26. The smallest absolute Gasteiger partial charge is 0.232 e. The largest absolute Gasteiger partial charge is 0.365 e. The molecule has 208 valence electrons. The van der Waals surface area contributed by atoms with Gasteiger partial charge in [-0.1, -0.05) is 11.6 Å². The monoisotopic (exact) mass is 581 g/mol.